The van der Waals surface area contributed by atoms with Gasteiger partial charge in [-0.25, -0.2) is 0 Å². The van der Waals surface area contributed by atoms with E-state index in [1.807, 2.05) is 84.9 Å². The van der Waals surface area contributed by atoms with Gasteiger partial charge in [-0.15, -0.1) is 0 Å². The molecule has 0 saturated carbocycles. The molecule has 0 aliphatic heterocycles. The summed E-state index contributed by atoms with van der Waals surface area (Å²) in [5.41, 5.74) is 5.56. The number of fused-ring (bicyclic) bond motifs is 3. The molecule has 0 saturated heterocycles. The number of nitrogens with zero attached hydrogens (tertiary/aromatic N) is 2. The molecule has 2 aromatic heterocycles. The van der Waals surface area contributed by atoms with E-state index in [1.165, 1.54) is 18.2 Å². The predicted molar refractivity (Wildman–Crippen MR) is 261 cm³/mol. The van der Waals surface area contributed by atoms with E-state index < -0.39 is 0 Å². The minimum atomic E-state index is -0.202. The molecule has 2 heterocycles. The van der Waals surface area contributed by atoms with E-state index >= 15 is 0 Å². The first-order valence-electron chi connectivity index (χ1n) is 20.5. The fraction of sp³-hybridized carbons (Fsp3) is 0. The molecule has 66 heavy (non-hydrogen) atoms. The van der Waals surface area contributed by atoms with E-state index in [0.717, 1.165) is 21.8 Å². The van der Waals surface area contributed by atoms with Crippen LogP contribution in [0.3, 0.4) is 0 Å². The van der Waals surface area contributed by atoms with Crippen molar-refractivity contribution in [2.45, 2.75) is 0 Å². The molecule has 8 nitrogen and oxygen atoms in total. The third-order valence-corrected chi connectivity index (χ3v) is 9.53. The molecule has 0 amide bonds. The average molecular weight is 1000 g/mol. The fourth-order valence-electron chi connectivity index (χ4n) is 6.19. The fourth-order valence-corrected chi connectivity index (χ4v) is 6.19. The van der Waals surface area contributed by atoms with E-state index in [0.29, 0.717) is 33.4 Å². The second-order valence-corrected chi connectivity index (χ2v) is 14.1. The predicted octanol–water partition coefficient (Wildman–Crippen LogP) is 13.2. The van der Waals surface area contributed by atoms with E-state index in [-0.39, 0.29) is 84.0 Å². The number of pyridine rings is 2. The van der Waals surface area contributed by atoms with Crippen LogP contribution in [0, 0.1) is 49.4 Å². The Morgan fingerprint density at radius 2 is 0.530 bits per heavy atom. The van der Waals surface area contributed by atoms with Crippen LogP contribution in [0.25, 0.3) is 39.1 Å². The van der Waals surface area contributed by atoms with Crippen LogP contribution >= 0.6 is 0 Å². The largest absolute Gasteiger partial charge is 0.507 e. The van der Waals surface area contributed by atoms with Crippen molar-refractivity contribution in [3.63, 3.8) is 0 Å². The van der Waals surface area contributed by atoms with E-state index in [9.17, 15) is 29.7 Å². The average Bonchev–Trinajstić information content (AvgIpc) is 3.38. The summed E-state index contributed by atoms with van der Waals surface area (Å²) >= 11 is 0. The first-order chi connectivity index (χ1) is 31.8. The molecular weight excluding hydrogens is 961 g/mol. The number of hydrogen-bond acceptors (Lipinski definition) is 8. The first kappa shape index (κ1) is 49.6. The monoisotopic (exact) mass is 1010 g/mol. The van der Waals surface area contributed by atoms with Gasteiger partial charge in [-0.2, -0.15) is 0 Å². The quantitative estimate of drug-likeness (QED) is 0.0563. The van der Waals surface area contributed by atoms with Crippen LogP contribution in [0.5, 0.6) is 0 Å². The molecule has 0 bridgehead atoms. The van der Waals surface area contributed by atoms with Crippen LogP contribution in [0.4, 0.5) is 0 Å². The number of allylic oxidation sites excluding steroid dienone is 3. The second-order valence-electron chi connectivity index (χ2n) is 14.1. The van der Waals surface area contributed by atoms with Crippen LogP contribution in [-0.4, -0.2) is 42.6 Å². The van der Waals surface area contributed by atoms with Gasteiger partial charge in [-0.05, 0) is 12.1 Å². The SMILES string of the molecule is O=C(/C=C(\O)c1ccccc1)c1ccccc1.O=C(/C=C(\O)c1ccccc1)c1ccccc1.O=C(/C=C(\O)c1ccccc1)c1ccccc1.[Eu].c1cnc2c(c1)ccc1cccnc12. The van der Waals surface area contributed by atoms with E-state index in [4.69, 9.17) is 0 Å². The van der Waals surface area contributed by atoms with Gasteiger partial charge >= 0.3 is 0 Å². The molecule has 0 aliphatic carbocycles. The Kier molecular flexibility index (Phi) is 19.8. The molecule has 0 unspecified atom stereocenters. The van der Waals surface area contributed by atoms with Crippen molar-refractivity contribution in [2.24, 2.45) is 0 Å². The number of aliphatic hydroxyl groups is 3. The number of aromatic nitrogens is 2. The first-order valence-corrected chi connectivity index (χ1v) is 20.5. The van der Waals surface area contributed by atoms with Crippen molar-refractivity contribution in [1.82, 2.24) is 9.97 Å². The number of carbonyl (C=O) groups is 3. The number of rotatable bonds is 9. The maximum atomic E-state index is 11.8. The van der Waals surface area contributed by atoms with Crippen molar-refractivity contribution in [2.75, 3.05) is 0 Å². The molecule has 7 aromatic carbocycles. The van der Waals surface area contributed by atoms with Crippen LogP contribution < -0.4 is 0 Å². The molecule has 0 aliphatic rings. The molecule has 1 radical (unpaired) electrons. The van der Waals surface area contributed by atoms with E-state index in [1.54, 1.807) is 122 Å². The van der Waals surface area contributed by atoms with Crippen molar-refractivity contribution in [3.8, 4) is 0 Å². The van der Waals surface area contributed by atoms with Crippen LogP contribution in [0.2, 0.25) is 0 Å². The minimum Gasteiger partial charge on any atom is -0.507 e. The van der Waals surface area contributed by atoms with Crippen molar-refractivity contribution in [3.05, 3.63) is 282 Å². The zero-order chi connectivity index (χ0) is 45.6. The number of benzene rings is 7. The number of hydrogen-bond donors (Lipinski definition) is 3. The summed E-state index contributed by atoms with van der Waals surface area (Å²) in [5, 5.41) is 31.7. The van der Waals surface area contributed by atoms with Gasteiger partial charge in [0, 0.05) is 124 Å². The Morgan fingerprint density at radius 1 is 0.303 bits per heavy atom. The molecule has 9 rings (SSSR count). The summed E-state index contributed by atoms with van der Waals surface area (Å²) < 4.78 is 0. The molecule has 0 fully saturated rings. The summed E-state index contributed by atoms with van der Waals surface area (Å²) in [5.74, 6) is -0.649. The Bertz CT molecular complexity index is 2740. The molecule has 0 spiro atoms. The van der Waals surface area contributed by atoms with Gasteiger partial charge in [-0.1, -0.05) is 206 Å². The topological polar surface area (TPSA) is 138 Å². The molecule has 0 atom stereocenters. The van der Waals surface area contributed by atoms with Gasteiger partial charge in [0.05, 0.1) is 11.0 Å². The summed E-state index contributed by atoms with van der Waals surface area (Å²) in [6, 6.07) is 65.7. The Hall–Kier alpha value is -7.43. The minimum absolute atomic E-state index is 0. The van der Waals surface area contributed by atoms with Crippen LogP contribution in [0.15, 0.2) is 249 Å². The van der Waals surface area contributed by atoms with Gasteiger partial charge < -0.3 is 15.3 Å². The summed E-state index contributed by atoms with van der Waals surface area (Å²) in [4.78, 5) is 44.1. The van der Waals surface area contributed by atoms with Crippen LogP contribution in [0.1, 0.15) is 47.8 Å². The second kappa shape index (κ2) is 26.4. The number of carbonyl (C=O) groups excluding carboxylic acids is 3. The maximum absolute atomic E-state index is 11.8. The summed E-state index contributed by atoms with van der Waals surface area (Å²) in [6.45, 7) is 0. The van der Waals surface area contributed by atoms with Gasteiger partial charge in [0.1, 0.15) is 17.3 Å². The summed E-state index contributed by atoms with van der Waals surface area (Å²) in [7, 11) is 0. The van der Waals surface area contributed by atoms with Crippen molar-refractivity contribution in [1.29, 1.82) is 0 Å². The molecular formula is C57H44EuN2O6. The molecule has 9 heteroatoms. The zero-order valence-corrected chi connectivity index (χ0v) is 37.9. The third kappa shape index (κ3) is 15.1. The van der Waals surface area contributed by atoms with Gasteiger partial charge in [0.15, 0.2) is 17.3 Å². The van der Waals surface area contributed by atoms with Gasteiger partial charge in [-0.3, -0.25) is 24.4 Å². The van der Waals surface area contributed by atoms with Gasteiger partial charge in [0.2, 0.25) is 0 Å². The smallest absolute Gasteiger partial charge is 0.189 e. The van der Waals surface area contributed by atoms with Crippen molar-refractivity contribution >= 4 is 56.4 Å². The van der Waals surface area contributed by atoms with Crippen molar-refractivity contribution < 1.29 is 79.1 Å². The number of ketones is 3. The zero-order valence-electron chi connectivity index (χ0n) is 35.5. The molecule has 325 valence electrons. The normalized spacial score (nSPS) is 10.9. The number of aliphatic hydroxyl groups excluding tert-OH is 3. The Morgan fingerprint density at radius 3 is 0.773 bits per heavy atom. The summed E-state index contributed by atoms with van der Waals surface area (Å²) in [6.07, 6.45) is 7.33. The maximum Gasteiger partial charge on any atom is 0.189 e. The Balaban J connectivity index is 0.000000164. The molecule has 3 N–H and O–H groups in total. The molecule has 9 aromatic rings. The standard InChI is InChI=1S/3C15H12O2.C12H8N2.Eu/c3*16-14(12-7-3-1-4-8-12)11-15(17)13-9-5-2-6-10-13;1-3-9-5-6-10-4-2-8-14-12(10)11(9)13-7-1;/h3*1-11,16H;1-8H;/b3*14-11-;;. The van der Waals surface area contributed by atoms with Crippen LogP contribution in [-0.2, 0) is 0 Å². The Labute approximate surface area is 424 Å². The third-order valence-electron chi connectivity index (χ3n) is 9.53. The van der Waals surface area contributed by atoms with E-state index in [2.05, 4.69) is 34.2 Å². The van der Waals surface area contributed by atoms with Gasteiger partial charge in [0.25, 0.3) is 0 Å².